The summed E-state index contributed by atoms with van der Waals surface area (Å²) in [5.74, 6) is -2.72. The van der Waals surface area contributed by atoms with E-state index in [2.05, 4.69) is 10.6 Å². The molecule has 0 bridgehead atoms. The summed E-state index contributed by atoms with van der Waals surface area (Å²) >= 11 is 0. The smallest absolute Gasteiger partial charge is 0.308 e. The summed E-state index contributed by atoms with van der Waals surface area (Å²) in [4.78, 5) is 53.0. The Morgan fingerprint density at radius 2 is 1.72 bits per heavy atom. The molecule has 2 fully saturated rings. The summed E-state index contributed by atoms with van der Waals surface area (Å²) < 4.78 is 5.05. The molecule has 5 rings (SSSR count). The minimum atomic E-state index is -1.30. The number of esters is 1. The van der Waals surface area contributed by atoms with Crippen molar-refractivity contribution in [3.8, 4) is 5.75 Å². The SMILES string of the molecule is CC(=O)Oc1ccc(N2C(=O)[C@H]3[C@@H](C2=O)[C@]2(N[C@H]3C(C)C)C(=O)Nc3ccccc32)cc1. The third-order valence-electron chi connectivity index (χ3n) is 6.63. The molecule has 4 atom stereocenters. The van der Waals surface area contributed by atoms with E-state index in [-0.39, 0.29) is 23.8 Å². The third-order valence-corrected chi connectivity index (χ3v) is 6.63. The van der Waals surface area contributed by atoms with Gasteiger partial charge in [-0.1, -0.05) is 32.0 Å². The maximum Gasteiger partial charge on any atom is 0.308 e. The van der Waals surface area contributed by atoms with Crippen molar-refractivity contribution in [3.63, 3.8) is 0 Å². The van der Waals surface area contributed by atoms with Gasteiger partial charge < -0.3 is 10.1 Å². The highest BCUT2D eigenvalue weighted by atomic mass is 16.5. The molecule has 8 heteroatoms. The van der Waals surface area contributed by atoms with Gasteiger partial charge in [0.05, 0.1) is 17.5 Å². The predicted molar refractivity (Wildman–Crippen MR) is 116 cm³/mol. The van der Waals surface area contributed by atoms with Gasteiger partial charge in [0.15, 0.2) is 0 Å². The lowest BCUT2D eigenvalue weighted by Crippen LogP contribution is -2.54. The van der Waals surface area contributed by atoms with Crippen LogP contribution in [0.2, 0.25) is 0 Å². The van der Waals surface area contributed by atoms with E-state index in [1.54, 1.807) is 18.2 Å². The van der Waals surface area contributed by atoms with Crippen LogP contribution in [0, 0.1) is 17.8 Å². The summed E-state index contributed by atoms with van der Waals surface area (Å²) in [6, 6.07) is 13.1. The van der Waals surface area contributed by atoms with Crippen molar-refractivity contribution in [2.75, 3.05) is 10.2 Å². The van der Waals surface area contributed by atoms with Gasteiger partial charge in [-0.2, -0.15) is 0 Å². The summed E-state index contributed by atoms with van der Waals surface area (Å²) in [5.41, 5.74) is 0.429. The molecule has 3 amide bonds. The van der Waals surface area contributed by atoms with Crippen LogP contribution < -0.4 is 20.3 Å². The van der Waals surface area contributed by atoms with E-state index in [1.807, 2.05) is 32.0 Å². The second-order valence-corrected chi connectivity index (χ2v) is 8.82. The first-order valence-corrected chi connectivity index (χ1v) is 10.6. The monoisotopic (exact) mass is 433 g/mol. The topological polar surface area (TPSA) is 105 Å². The molecule has 2 aromatic carbocycles. The maximum absolute atomic E-state index is 13.7. The van der Waals surface area contributed by atoms with Crippen LogP contribution in [0.15, 0.2) is 48.5 Å². The second-order valence-electron chi connectivity index (χ2n) is 8.82. The van der Waals surface area contributed by atoms with Crippen LogP contribution in [0.5, 0.6) is 5.75 Å². The lowest BCUT2D eigenvalue weighted by molar-refractivity contribution is -0.132. The maximum atomic E-state index is 13.7. The van der Waals surface area contributed by atoms with E-state index in [1.165, 1.54) is 24.0 Å². The van der Waals surface area contributed by atoms with Crippen molar-refractivity contribution in [3.05, 3.63) is 54.1 Å². The van der Waals surface area contributed by atoms with E-state index in [4.69, 9.17) is 4.74 Å². The van der Waals surface area contributed by atoms with Crippen LogP contribution >= 0.6 is 0 Å². The second kappa shape index (κ2) is 7.00. The van der Waals surface area contributed by atoms with Gasteiger partial charge in [0.25, 0.3) is 0 Å². The Morgan fingerprint density at radius 3 is 2.38 bits per heavy atom. The predicted octanol–water partition coefficient (Wildman–Crippen LogP) is 2.19. The van der Waals surface area contributed by atoms with Crippen LogP contribution in [0.25, 0.3) is 0 Å². The fraction of sp³-hybridized carbons (Fsp3) is 0.333. The summed E-state index contributed by atoms with van der Waals surface area (Å²) in [6.45, 7) is 5.24. The lowest BCUT2D eigenvalue weighted by Gasteiger charge is -2.30. The molecule has 0 radical (unpaired) electrons. The highest BCUT2D eigenvalue weighted by Gasteiger charge is 2.70. The zero-order valence-electron chi connectivity index (χ0n) is 17.9. The number of nitrogens with zero attached hydrogens (tertiary/aromatic N) is 1. The van der Waals surface area contributed by atoms with Gasteiger partial charge in [-0.15, -0.1) is 0 Å². The Labute approximate surface area is 184 Å². The molecule has 2 saturated heterocycles. The number of amides is 3. The minimum Gasteiger partial charge on any atom is -0.427 e. The number of fused-ring (bicyclic) bond motifs is 4. The highest BCUT2D eigenvalue weighted by Crippen LogP contribution is 2.54. The Balaban J connectivity index is 1.60. The number of nitrogens with one attached hydrogen (secondary N) is 2. The zero-order chi connectivity index (χ0) is 22.8. The fourth-order valence-corrected chi connectivity index (χ4v) is 5.35. The summed E-state index contributed by atoms with van der Waals surface area (Å²) in [5, 5.41) is 6.29. The molecule has 0 aromatic heterocycles. The number of hydrogen-bond acceptors (Lipinski definition) is 6. The third kappa shape index (κ3) is 2.65. The Morgan fingerprint density at radius 1 is 1.03 bits per heavy atom. The number of ether oxygens (including phenoxy) is 1. The van der Waals surface area contributed by atoms with Crippen LogP contribution in [-0.4, -0.2) is 29.7 Å². The van der Waals surface area contributed by atoms with E-state index in [0.717, 1.165) is 0 Å². The highest BCUT2D eigenvalue weighted by molar-refractivity contribution is 6.25. The molecule has 0 unspecified atom stereocenters. The minimum absolute atomic E-state index is 0.0190. The molecule has 32 heavy (non-hydrogen) atoms. The molecule has 3 aliphatic rings. The Kier molecular flexibility index (Phi) is 4.46. The van der Waals surface area contributed by atoms with Gasteiger partial charge >= 0.3 is 5.97 Å². The normalized spacial score (nSPS) is 28.3. The van der Waals surface area contributed by atoms with Crippen molar-refractivity contribution in [2.24, 2.45) is 17.8 Å². The lowest BCUT2D eigenvalue weighted by atomic mass is 9.76. The van der Waals surface area contributed by atoms with E-state index in [0.29, 0.717) is 22.7 Å². The van der Waals surface area contributed by atoms with Gasteiger partial charge in [-0.3, -0.25) is 24.5 Å². The molecule has 3 aliphatic heterocycles. The molecule has 2 N–H and O–H groups in total. The van der Waals surface area contributed by atoms with E-state index >= 15 is 0 Å². The van der Waals surface area contributed by atoms with Crippen LogP contribution in [-0.2, 0) is 24.7 Å². The number of anilines is 2. The Bertz CT molecular complexity index is 1160. The molecular formula is C24H23N3O5. The average molecular weight is 433 g/mol. The molecule has 1 spiro atoms. The molecule has 0 saturated carbocycles. The van der Waals surface area contributed by atoms with Crippen molar-refractivity contribution < 1.29 is 23.9 Å². The number of hydrogen-bond donors (Lipinski definition) is 2. The largest absolute Gasteiger partial charge is 0.427 e. The van der Waals surface area contributed by atoms with Crippen molar-refractivity contribution in [2.45, 2.75) is 32.4 Å². The number of imide groups is 1. The molecule has 3 heterocycles. The number of benzene rings is 2. The number of carbonyl (C=O) groups excluding carboxylic acids is 4. The standard InChI is InChI=1S/C24H23N3O5/c1-12(2)20-18-19(24(26-20)16-6-4-5-7-17(16)25-23(24)31)22(30)27(21(18)29)14-8-10-15(11-9-14)32-13(3)28/h4-12,18-20,26H,1-3H3,(H,25,31)/t18-,19-,20-,24-/m0/s1. The first-order chi connectivity index (χ1) is 15.3. The van der Waals surface area contributed by atoms with Crippen molar-refractivity contribution in [1.82, 2.24) is 5.32 Å². The van der Waals surface area contributed by atoms with Crippen LogP contribution in [0.1, 0.15) is 26.3 Å². The molecule has 0 aliphatic carbocycles. The van der Waals surface area contributed by atoms with Gasteiger partial charge in [0, 0.05) is 24.2 Å². The van der Waals surface area contributed by atoms with E-state index < -0.39 is 29.3 Å². The van der Waals surface area contributed by atoms with Crippen molar-refractivity contribution >= 4 is 35.1 Å². The quantitative estimate of drug-likeness (QED) is 0.437. The number of carbonyl (C=O) groups is 4. The van der Waals surface area contributed by atoms with Gasteiger partial charge in [0.2, 0.25) is 17.7 Å². The molecule has 2 aromatic rings. The molecule has 8 nitrogen and oxygen atoms in total. The van der Waals surface area contributed by atoms with Gasteiger partial charge in [-0.25, -0.2) is 4.90 Å². The summed E-state index contributed by atoms with van der Waals surface area (Å²) in [6.07, 6.45) is 0. The molecular weight excluding hydrogens is 410 g/mol. The number of para-hydroxylation sites is 1. The summed E-state index contributed by atoms with van der Waals surface area (Å²) in [7, 11) is 0. The zero-order valence-corrected chi connectivity index (χ0v) is 17.9. The van der Waals surface area contributed by atoms with Crippen LogP contribution in [0.4, 0.5) is 11.4 Å². The molecule has 164 valence electrons. The van der Waals surface area contributed by atoms with Gasteiger partial charge in [0.1, 0.15) is 11.3 Å². The fourth-order valence-electron chi connectivity index (χ4n) is 5.35. The van der Waals surface area contributed by atoms with Crippen LogP contribution in [0.3, 0.4) is 0 Å². The van der Waals surface area contributed by atoms with E-state index in [9.17, 15) is 19.2 Å². The Hall–Kier alpha value is -3.52. The average Bonchev–Trinajstić information content (AvgIpc) is 3.34. The first kappa shape index (κ1) is 20.4. The number of rotatable bonds is 3. The van der Waals surface area contributed by atoms with Crippen molar-refractivity contribution in [1.29, 1.82) is 0 Å². The first-order valence-electron chi connectivity index (χ1n) is 10.6. The van der Waals surface area contributed by atoms with Gasteiger partial charge in [-0.05, 0) is 36.2 Å².